The summed E-state index contributed by atoms with van der Waals surface area (Å²) < 4.78 is 1.85. The van der Waals surface area contributed by atoms with Gasteiger partial charge in [0.1, 0.15) is 5.82 Å². The first-order chi connectivity index (χ1) is 11.6. The highest BCUT2D eigenvalue weighted by Crippen LogP contribution is 2.17. The predicted octanol–water partition coefficient (Wildman–Crippen LogP) is 2.32. The van der Waals surface area contributed by atoms with E-state index in [0.29, 0.717) is 24.3 Å². The Bertz CT molecular complexity index is 831. The van der Waals surface area contributed by atoms with Gasteiger partial charge in [-0.25, -0.2) is 4.98 Å². The number of carboxylic acid groups (broad SMARTS) is 1. The van der Waals surface area contributed by atoms with Crippen LogP contribution in [0.3, 0.4) is 0 Å². The van der Waals surface area contributed by atoms with E-state index >= 15 is 0 Å². The molecule has 0 spiro atoms. The second-order valence-corrected chi connectivity index (χ2v) is 5.68. The van der Waals surface area contributed by atoms with Gasteiger partial charge in [0.05, 0.1) is 0 Å². The summed E-state index contributed by atoms with van der Waals surface area (Å²) in [5.41, 5.74) is 1.79. The second-order valence-electron chi connectivity index (χ2n) is 5.68. The highest BCUT2D eigenvalue weighted by atomic mass is 16.4. The summed E-state index contributed by atoms with van der Waals surface area (Å²) in [5.74, 6) is 0.587. The molecule has 1 aromatic carbocycles. The Kier molecular flexibility index (Phi) is 4.69. The average Bonchev–Trinajstić information content (AvgIpc) is 2.96. The molecule has 2 heterocycles. The van der Waals surface area contributed by atoms with Crippen LogP contribution in [0, 0.1) is 6.92 Å². The fraction of sp³-hybridized carbons (Fsp3) is 0.294. The molecule has 0 aliphatic rings. The summed E-state index contributed by atoms with van der Waals surface area (Å²) >= 11 is 0. The van der Waals surface area contributed by atoms with Crippen LogP contribution in [0.2, 0.25) is 0 Å². The maximum atomic E-state index is 11.0. The topological polar surface area (TPSA) is 92.4 Å². The van der Waals surface area contributed by atoms with Gasteiger partial charge < -0.3 is 10.4 Å². The quantitative estimate of drug-likeness (QED) is 0.692. The van der Waals surface area contributed by atoms with E-state index in [0.717, 1.165) is 11.4 Å². The number of nitrogens with one attached hydrogen (secondary N) is 1. The Labute approximate surface area is 139 Å². The van der Waals surface area contributed by atoms with Gasteiger partial charge >= 0.3 is 5.97 Å². The SMILES string of the molecule is Cc1nnc2c(NC(CCC(=O)O)Cc3ccccc3)nccn12. The first-order valence-electron chi connectivity index (χ1n) is 7.82. The molecule has 3 rings (SSSR count). The summed E-state index contributed by atoms with van der Waals surface area (Å²) in [6.45, 7) is 1.87. The molecular weight excluding hydrogens is 306 g/mol. The molecule has 2 N–H and O–H groups in total. The maximum Gasteiger partial charge on any atom is 0.303 e. The molecule has 2 aromatic heterocycles. The normalized spacial score (nSPS) is 12.2. The van der Waals surface area contributed by atoms with Crippen LogP contribution in [0.4, 0.5) is 5.82 Å². The number of carbonyl (C=O) groups is 1. The number of benzene rings is 1. The van der Waals surface area contributed by atoms with Gasteiger partial charge in [0.15, 0.2) is 5.82 Å². The second kappa shape index (κ2) is 7.08. The van der Waals surface area contributed by atoms with Crippen LogP contribution in [-0.4, -0.2) is 36.7 Å². The highest BCUT2D eigenvalue weighted by molar-refractivity contribution is 5.67. The minimum atomic E-state index is -0.806. The number of rotatable bonds is 7. The molecular formula is C17H19N5O2. The smallest absolute Gasteiger partial charge is 0.303 e. The van der Waals surface area contributed by atoms with Gasteiger partial charge in [-0.1, -0.05) is 30.3 Å². The number of nitrogens with zero attached hydrogens (tertiary/aromatic N) is 4. The zero-order chi connectivity index (χ0) is 16.9. The van der Waals surface area contributed by atoms with Crippen molar-refractivity contribution in [1.29, 1.82) is 0 Å². The molecule has 7 nitrogen and oxygen atoms in total. The number of carboxylic acids is 1. The Balaban J connectivity index is 1.83. The van der Waals surface area contributed by atoms with Gasteiger partial charge in [-0.15, -0.1) is 10.2 Å². The van der Waals surface area contributed by atoms with E-state index < -0.39 is 5.97 Å². The Morgan fingerprint density at radius 2 is 2.08 bits per heavy atom. The lowest BCUT2D eigenvalue weighted by atomic mass is 10.0. The Hall–Kier alpha value is -2.96. The molecule has 0 aliphatic carbocycles. The van der Waals surface area contributed by atoms with Crippen LogP contribution in [0.5, 0.6) is 0 Å². The van der Waals surface area contributed by atoms with Crippen LogP contribution in [0.25, 0.3) is 5.65 Å². The summed E-state index contributed by atoms with van der Waals surface area (Å²) in [4.78, 5) is 15.3. The van der Waals surface area contributed by atoms with Crippen LogP contribution in [0.1, 0.15) is 24.2 Å². The lowest BCUT2D eigenvalue weighted by Gasteiger charge is -2.19. The van der Waals surface area contributed by atoms with E-state index in [-0.39, 0.29) is 12.5 Å². The zero-order valence-corrected chi connectivity index (χ0v) is 13.4. The van der Waals surface area contributed by atoms with E-state index in [9.17, 15) is 4.79 Å². The Morgan fingerprint density at radius 3 is 2.83 bits per heavy atom. The van der Waals surface area contributed by atoms with Crippen molar-refractivity contribution in [2.24, 2.45) is 0 Å². The van der Waals surface area contributed by atoms with Crippen molar-refractivity contribution in [3.8, 4) is 0 Å². The van der Waals surface area contributed by atoms with Crippen molar-refractivity contribution in [1.82, 2.24) is 19.6 Å². The standard InChI is InChI=1S/C17H19N5O2/c1-12-20-21-17-16(18-9-10-22(12)17)19-14(7-8-15(23)24)11-13-5-3-2-4-6-13/h2-6,9-10,14H,7-8,11H2,1H3,(H,18,19)(H,23,24). The minimum absolute atomic E-state index is 0.0563. The van der Waals surface area contributed by atoms with Crippen molar-refractivity contribution >= 4 is 17.4 Å². The van der Waals surface area contributed by atoms with Gasteiger partial charge in [-0.2, -0.15) is 0 Å². The lowest BCUT2D eigenvalue weighted by Crippen LogP contribution is -2.24. The molecule has 1 unspecified atom stereocenters. The summed E-state index contributed by atoms with van der Waals surface area (Å²) in [6, 6.07) is 9.92. The van der Waals surface area contributed by atoms with Gasteiger partial charge in [0, 0.05) is 24.9 Å². The van der Waals surface area contributed by atoms with Crippen molar-refractivity contribution in [2.75, 3.05) is 5.32 Å². The van der Waals surface area contributed by atoms with Crippen LogP contribution in [0.15, 0.2) is 42.7 Å². The number of aromatic nitrogens is 4. The summed E-state index contributed by atoms with van der Waals surface area (Å²) in [6.07, 6.45) is 4.80. The number of anilines is 1. The molecule has 24 heavy (non-hydrogen) atoms. The molecule has 0 fully saturated rings. The van der Waals surface area contributed by atoms with Crippen LogP contribution < -0.4 is 5.32 Å². The summed E-state index contributed by atoms with van der Waals surface area (Å²) in [7, 11) is 0. The fourth-order valence-electron chi connectivity index (χ4n) is 2.66. The number of aryl methyl sites for hydroxylation is 1. The molecule has 0 amide bonds. The first kappa shape index (κ1) is 15.9. The number of hydrogen-bond acceptors (Lipinski definition) is 5. The monoisotopic (exact) mass is 325 g/mol. The molecule has 1 atom stereocenters. The minimum Gasteiger partial charge on any atom is -0.481 e. The number of fused-ring (bicyclic) bond motifs is 1. The predicted molar refractivity (Wildman–Crippen MR) is 89.9 cm³/mol. The van der Waals surface area contributed by atoms with E-state index in [1.807, 2.05) is 41.7 Å². The molecule has 124 valence electrons. The van der Waals surface area contributed by atoms with Crippen molar-refractivity contribution in [3.05, 3.63) is 54.1 Å². The van der Waals surface area contributed by atoms with Gasteiger partial charge in [0.25, 0.3) is 0 Å². The third-order valence-corrected chi connectivity index (χ3v) is 3.87. The molecule has 0 saturated carbocycles. The van der Waals surface area contributed by atoms with E-state index in [2.05, 4.69) is 20.5 Å². The molecule has 3 aromatic rings. The molecule has 0 radical (unpaired) electrons. The van der Waals surface area contributed by atoms with E-state index in [1.165, 1.54) is 0 Å². The Morgan fingerprint density at radius 1 is 1.29 bits per heavy atom. The maximum absolute atomic E-state index is 11.0. The van der Waals surface area contributed by atoms with Crippen LogP contribution >= 0.6 is 0 Å². The molecule has 7 heteroatoms. The van der Waals surface area contributed by atoms with Gasteiger partial charge in [0.2, 0.25) is 5.65 Å². The van der Waals surface area contributed by atoms with Crippen molar-refractivity contribution < 1.29 is 9.90 Å². The third-order valence-electron chi connectivity index (χ3n) is 3.87. The molecule has 0 saturated heterocycles. The van der Waals surface area contributed by atoms with Gasteiger partial charge in [-0.05, 0) is 25.3 Å². The highest BCUT2D eigenvalue weighted by Gasteiger charge is 2.15. The molecule has 0 bridgehead atoms. The summed E-state index contributed by atoms with van der Waals surface area (Å²) in [5, 5.41) is 20.5. The zero-order valence-electron chi connectivity index (χ0n) is 13.4. The first-order valence-corrected chi connectivity index (χ1v) is 7.82. The van der Waals surface area contributed by atoms with Crippen LogP contribution in [-0.2, 0) is 11.2 Å². The van der Waals surface area contributed by atoms with E-state index in [4.69, 9.17) is 5.11 Å². The lowest BCUT2D eigenvalue weighted by molar-refractivity contribution is -0.137. The largest absolute Gasteiger partial charge is 0.481 e. The average molecular weight is 325 g/mol. The van der Waals surface area contributed by atoms with E-state index in [1.54, 1.807) is 12.4 Å². The van der Waals surface area contributed by atoms with Gasteiger partial charge in [-0.3, -0.25) is 9.20 Å². The van der Waals surface area contributed by atoms with Crippen molar-refractivity contribution in [3.63, 3.8) is 0 Å². The molecule has 0 aliphatic heterocycles. The number of aliphatic carboxylic acids is 1. The fourth-order valence-corrected chi connectivity index (χ4v) is 2.66. The van der Waals surface area contributed by atoms with Crippen molar-refractivity contribution in [2.45, 2.75) is 32.2 Å². The third kappa shape index (κ3) is 3.68. The number of hydrogen-bond donors (Lipinski definition) is 2.